The summed E-state index contributed by atoms with van der Waals surface area (Å²) in [6.45, 7) is 3.81. The fourth-order valence-electron chi connectivity index (χ4n) is 3.90. The van der Waals surface area contributed by atoms with Gasteiger partial charge in [0, 0.05) is 44.7 Å². The van der Waals surface area contributed by atoms with E-state index in [1.807, 2.05) is 30.0 Å². The number of para-hydroxylation sites is 1. The monoisotopic (exact) mass is 393 g/mol. The predicted molar refractivity (Wildman–Crippen MR) is 113 cm³/mol. The van der Waals surface area contributed by atoms with Gasteiger partial charge in [-0.25, -0.2) is 4.98 Å². The van der Waals surface area contributed by atoms with Gasteiger partial charge < -0.3 is 19.0 Å². The van der Waals surface area contributed by atoms with Crippen molar-refractivity contribution in [3.8, 4) is 0 Å². The van der Waals surface area contributed by atoms with Crippen molar-refractivity contribution < 1.29 is 13.9 Å². The molecule has 0 N–H and O–H groups in total. The van der Waals surface area contributed by atoms with Crippen LogP contribution in [0.3, 0.4) is 0 Å². The van der Waals surface area contributed by atoms with Gasteiger partial charge in [0.1, 0.15) is 5.82 Å². The first-order valence-electron chi connectivity index (χ1n) is 10.0. The van der Waals surface area contributed by atoms with Crippen molar-refractivity contribution in [1.82, 2.24) is 9.88 Å². The summed E-state index contributed by atoms with van der Waals surface area (Å²) in [5, 5.41) is 1.08. The van der Waals surface area contributed by atoms with Crippen molar-refractivity contribution in [2.75, 3.05) is 32.1 Å². The number of hydrogen-bond donors (Lipinski definition) is 0. The first-order valence-corrected chi connectivity index (χ1v) is 10.0. The smallest absolute Gasteiger partial charge is 0.289 e. The zero-order chi connectivity index (χ0) is 20.4. The number of fused-ring (bicyclic) bond motifs is 1. The van der Waals surface area contributed by atoms with Gasteiger partial charge in [0.25, 0.3) is 5.91 Å². The molecular weight excluding hydrogens is 366 g/mol. The van der Waals surface area contributed by atoms with Crippen LogP contribution in [-0.2, 0) is 11.3 Å². The number of aromatic nitrogens is 1. The quantitative estimate of drug-likeness (QED) is 0.633. The van der Waals surface area contributed by atoms with Crippen molar-refractivity contribution >= 4 is 22.6 Å². The Kier molecular flexibility index (Phi) is 5.53. The molecular formula is C23H27N3O3. The van der Waals surface area contributed by atoms with E-state index in [1.54, 1.807) is 12.1 Å². The standard InChI is InChI=1S/C23H27N3O3/c1-16-7-4-8-17-13-18(22(25(2)3)24-21(16)17)14-26(15-19-9-5-11-28-19)23(27)20-10-6-12-29-20/h4,6-8,10,12-13,19H,5,9,11,14-15H2,1-3H3/t19-/m1/s1. The maximum Gasteiger partial charge on any atom is 0.289 e. The summed E-state index contributed by atoms with van der Waals surface area (Å²) in [6, 6.07) is 11.8. The fourth-order valence-corrected chi connectivity index (χ4v) is 3.90. The Labute approximate surface area is 171 Å². The van der Waals surface area contributed by atoms with E-state index in [1.165, 1.54) is 6.26 Å². The SMILES string of the molecule is Cc1cccc2cc(CN(C[C@H]3CCCO3)C(=O)c3ccco3)c(N(C)C)nc12. The molecule has 1 aliphatic rings. The molecule has 0 spiro atoms. The van der Waals surface area contributed by atoms with Gasteiger partial charge in [-0.3, -0.25) is 4.79 Å². The predicted octanol–water partition coefficient (Wildman–Crippen LogP) is 4.02. The van der Waals surface area contributed by atoms with Crippen molar-refractivity contribution in [3.63, 3.8) is 0 Å². The molecule has 1 aromatic carbocycles. The van der Waals surface area contributed by atoms with Crippen LogP contribution >= 0.6 is 0 Å². The number of amides is 1. The number of benzene rings is 1. The van der Waals surface area contributed by atoms with Crippen LogP contribution in [0.15, 0.2) is 47.1 Å². The lowest BCUT2D eigenvalue weighted by Crippen LogP contribution is -2.37. The molecule has 6 nitrogen and oxygen atoms in total. The Morgan fingerprint density at radius 2 is 2.10 bits per heavy atom. The van der Waals surface area contributed by atoms with E-state index < -0.39 is 0 Å². The molecule has 4 rings (SSSR count). The second-order valence-electron chi connectivity index (χ2n) is 7.81. The maximum atomic E-state index is 13.1. The highest BCUT2D eigenvalue weighted by Gasteiger charge is 2.26. The number of aryl methyl sites for hydroxylation is 1. The van der Waals surface area contributed by atoms with Gasteiger partial charge in [-0.15, -0.1) is 0 Å². The van der Waals surface area contributed by atoms with E-state index in [0.717, 1.165) is 47.3 Å². The van der Waals surface area contributed by atoms with Gasteiger partial charge in [0.15, 0.2) is 5.76 Å². The third-order valence-corrected chi connectivity index (χ3v) is 5.36. The van der Waals surface area contributed by atoms with E-state index >= 15 is 0 Å². The molecule has 6 heteroatoms. The second-order valence-corrected chi connectivity index (χ2v) is 7.81. The van der Waals surface area contributed by atoms with E-state index in [4.69, 9.17) is 14.1 Å². The second kappa shape index (κ2) is 8.25. The van der Waals surface area contributed by atoms with Crippen LogP contribution < -0.4 is 4.90 Å². The number of anilines is 1. The van der Waals surface area contributed by atoms with Crippen LogP contribution in [0.1, 0.15) is 34.5 Å². The third kappa shape index (κ3) is 4.12. The van der Waals surface area contributed by atoms with Gasteiger partial charge in [0.05, 0.1) is 17.9 Å². The summed E-state index contributed by atoms with van der Waals surface area (Å²) in [7, 11) is 3.96. The van der Waals surface area contributed by atoms with Gasteiger partial charge >= 0.3 is 0 Å². The van der Waals surface area contributed by atoms with Crippen LogP contribution in [0.2, 0.25) is 0 Å². The minimum atomic E-state index is -0.125. The minimum Gasteiger partial charge on any atom is -0.459 e. The molecule has 1 saturated heterocycles. The Hall–Kier alpha value is -2.86. The first kappa shape index (κ1) is 19.5. The molecule has 0 unspecified atom stereocenters. The number of ether oxygens (including phenoxy) is 1. The Morgan fingerprint density at radius 3 is 2.79 bits per heavy atom. The van der Waals surface area contributed by atoms with Gasteiger partial charge in [-0.05, 0) is 43.5 Å². The lowest BCUT2D eigenvalue weighted by atomic mass is 10.1. The summed E-state index contributed by atoms with van der Waals surface area (Å²) in [4.78, 5) is 21.9. The van der Waals surface area contributed by atoms with Gasteiger partial charge in [-0.2, -0.15) is 0 Å². The number of carbonyl (C=O) groups is 1. The zero-order valence-corrected chi connectivity index (χ0v) is 17.2. The molecule has 29 heavy (non-hydrogen) atoms. The van der Waals surface area contributed by atoms with E-state index in [0.29, 0.717) is 18.8 Å². The highest BCUT2D eigenvalue weighted by atomic mass is 16.5. The summed E-state index contributed by atoms with van der Waals surface area (Å²) < 4.78 is 11.2. The summed E-state index contributed by atoms with van der Waals surface area (Å²) in [5.74, 6) is 1.09. The van der Waals surface area contributed by atoms with Gasteiger partial charge in [0.2, 0.25) is 0 Å². The van der Waals surface area contributed by atoms with Crippen LogP contribution in [0.5, 0.6) is 0 Å². The Morgan fingerprint density at radius 1 is 1.24 bits per heavy atom. The summed E-state index contributed by atoms with van der Waals surface area (Å²) >= 11 is 0. The molecule has 0 aliphatic carbocycles. The normalized spacial score (nSPS) is 16.3. The molecule has 1 aliphatic heterocycles. The van der Waals surface area contributed by atoms with Crippen LogP contribution in [0, 0.1) is 6.92 Å². The summed E-state index contributed by atoms with van der Waals surface area (Å²) in [6.07, 6.45) is 3.60. The van der Waals surface area contributed by atoms with Crippen molar-refractivity contribution in [1.29, 1.82) is 0 Å². The fraction of sp³-hybridized carbons (Fsp3) is 0.391. The number of furan rings is 1. The maximum absolute atomic E-state index is 13.1. The molecule has 1 amide bonds. The Bertz CT molecular complexity index is 992. The number of pyridine rings is 1. The number of rotatable bonds is 6. The number of nitrogens with zero attached hydrogens (tertiary/aromatic N) is 3. The first-order chi connectivity index (χ1) is 14.0. The number of carbonyl (C=O) groups excluding carboxylic acids is 1. The van der Waals surface area contributed by atoms with Crippen molar-refractivity contribution in [2.24, 2.45) is 0 Å². The molecule has 0 radical (unpaired) electrons. The van der Waals surface area contributed by atoms with Gasteiger partial charge in [-0.1, -0.05) is 18.2 Å². The van der Waals surface area contributed by atoms with Crippen LogP contribution in [0.25, 0.3) is 10.9 Å². The minimum absolute atomic E-state index is 0.0624. The molecule has 3 aromatic rings. The van der Waals surface area contributed by atoms with E-state index in [-0.39, 0.29) is 12.0 Å². The third-order valence-electron chi connectivity index (χ3n) is 5.36. The average Bonchev–Trinajstić information content (AvgIpc) is 3.41. The Balaban J connectivity index is 1.71. The van der Waals surface area contributed by atoms with Crippen molar-refractivity contribution in [3.05, 3.63) is 59.5 Å². The highest BCUT2D eigenvalue weighted by Crippen LogP contribution is 2.27. The molecule has 1 fully saturated rings. The average molecular weight is 393 g/mol. The van der Waals surface area contributed by atoms with E-state index in [2.05, 4.69) is 25.1 Å². The van der Waals surface area contributed by atoms with E-state index in [9.17, 15) is 4.79 Å². The molecule has 2 aromatic heterocycles. The van der Waals surface area contributed by atoms with Crippen molar-refractivity contribution in [2.45, 2.75) is 32.4 Å². The molecule has 0 bridgehead atoms. The van der Waals surface area contributed by atoms with Crippen LogP contribution in [0.4, 0.5) is 5.82 Å². The van der Waals surface area contributed by atoms with Crippen LogP contribution in [-0.4, -0.2) is 49.1 Å². The largest absolute Gasteiger partial charge is 0.459 e. The highest BCUT2D eigenvalue weighted by molar-refractivity contribution is 5.92. The summed E-state index contributed by atoms with van der Waals surface area (Å²) in [5.41, 5.74) is 3.13. The lowest BCUT2D eigenvalue weighted by Gasteiger charge is -2.27. The molecule has 1 atom stereocenters. The topological polar surface area (TPSA) is 58.8 Å². The molecule has 3 heterocycles. The lowest BCUT2D eigenvalue weighted by molar-refractivity contribution is 0.0484. The molecule has 152 valence electrons. The number of hydrogen-bond acceptors (Lipinski definition) is 5. The zero-order valence-electron chi connectivity index (χ0n) is 17.2. The molecule has 0 saturated carbocycles.